The number of rotatable bonds is 5. The van der Waals surface area contributed by atoms with Gasteiger partial charge in [0, 0.05) is 6.20 Å². The van der Waals surface area contributed by atoms with Gasteiger partial charge in [0.1, 0.15) is 11.3 Å². The van der Waals surface area contributed by atoms with Gasteiger partial charge in [-0.3, -0.25) is 9.59 Å². The van der Waals surface area contributed by atoms with Gasteiger partial charge in [-0.1, -0.05) is 38.1 Å². The highest BCUT2D eigenvalue weighted by molar-refractivity contribution is 5.96. The predicted molar refractivity (Wildman–Crippen MR) is 90.0 cm³/mol. The summed E-state index contributed by atoms with van der Waals surface area (Å²) in [5.74, 6) is 0.263. The number of hydrogen-bond acceptors (Lipinski definition) is 3. The van der Waals surface area contributed by atoms with Gasteiger partial charge in [-0.15, -0.1) is 0 Å². The number of carbonyl (C=O) groups excluding carboxylic acids is 1. The predicted octanol–water partition coefficient (Wildman–Crippen LogP) is 3.00. The number of carbonyl (C=O) groups is 1. The fraction of sp³-hybridized carbons (Fsp3) is 0.333. The lowest BCUT2D eigenvalue weighted by Gasteiger charge is -2.16. The van der Waals surface area contributed by atoms with E-state index in [0.717, 1.165) is 5.56 Å². The Morgan fingerprint density at radius 2 is 1.70 bits per heavy atom. The van der Waals surface area contributed by atoms with Crippen LogP contribution < -0.4 is 15.6 Å². The summed E-state index contributed by atoms with van der Waals surface area (Å²) >= 11 is 0. The van der Waals surface area contributed by atoms with Gasteiger partial charge in [-0.05, 0) is 30.0 Å². The van der Waals surface area contributed by atoms with Crippen LogP contribution >= 0.6 is 0 Å². The van der Waals surface area contributed by atoms with Crippen LogP contribution in [0.2, 0.25) is 0 Å². The summed E-state index contributed by atoms with van der Waals surface area (Å²) in [6, 6.07) is 9.43. The van der Waals surface area contributed by atoms with Crippen molar-refractivity contribution in [2.45, 2.75) is 32.7 Å². The third-order valence-electron chi connectivity index (χ3n) is 3.82. The highest BCUT2D eigenvalue weighted by atomic mass is 16.5. The van der Waals surface area contributed by atoms with Crippen molar-refractivity contribution in [3.8, 4) is 5.75 Å². The van der Waals surface area contributed by atoms with Gasteiger partial charge in [-0.2, -0.15) is 0 Å². The fourth-order valence-electron chi connectivity index (χ4n) is 2.37. The van der Waals surface area contributed by atoms with E-state index in [1.54, 1.807) is 6.07 Å². The Morgan fingerprint density at radius 3 is 2.26 bits per heavy atom. The van der Waals surface area contributed by atoms with E-state index in [2.05, 4.69) is 36.3 Å². The molecule has 1 amide bonds. The summed E-state index contributed by atoms with van der Waals surface area (Å²) in [6.45, 7) is 6.15. The van der Waals surface area contributed by atoms with Gasteiger partial charge >= 0.3 is 0 Å². The first-order chi connectivity index (χ1) is 10.9. The average Bonchev–Trinajstić information content (AvgIpc) is 2.54. The molecular weight excluding hydrogens is 292 g/mol. The topological polar surface area (TPSA) is 71.2 Å². The molecule has 1 atom stereocenters. The first kappa shape index (κ1) is 16.8. The van der Waals surface area contributed by atoms with Crippen LogP contribution in [0.25, 0.3) is 0 Å². The van der Waals surface area contributed by atoms with Crippen molar-refractivity contribution in [3.05, 3.63) is 63.6 Å². The van der Waals surface area contributed by atoms with Crippen LogP contribution in [0.15, 0.2) is 41.3 Å². The number of aromatic nitrogens is 1. The third kappa shape index (κ3) is 3.80. The van der Waals surface area contributed by atoms with E-state index in [1.807, 2.05) is 19.1 Å². The minimum Gasteiger partial charge on any atom is -0.496 e. The average molecular weight is 314 g/mol. The number of aromatic amines is 1. The van der Waals surface area contributed by atoms with Gasteiger partial charge in [0.05, 0.1) is 13.2 Å². The Bertz CT molecular complexity index is 733. The molecule has 0 fully saturated rings. The Kier molecular flexibility index (Phi) is 5.21. The van der Waals surface area contributed by atoms with Crippen LogP contribution in [0.1, 0.15) is 54.2 Å². The van der Waals surface area contributed by atoms with E-state index in [1.165, 1.54) is 18.9 Å². The molecule has 23 heavy (non-hydrogen) atoms. The van der Waals surface area contributed by atoms with Crippen LogP contribution in [0.3, 0.4) is 0 Å². The Labute approximate surface area is 135 Å². The number of amides is 1. The third-order valence-corrected chi connectivity index (χ3v) is 3.82. The number of hydrogen-bond donors (Lipinski definition) is 2. The minimum absolute atomic E-state index is 0.0133. The maximum Gasteiger partial charge on any atom is 0.264 e. The highest BCUT2D eigenvalue weighted by Crippen LogP contribution is 2.19. The van der Waals surface area contributed by atoms with Gasteiger partial charge in [0.25, 0.3) is 11.5 Å². The first-order valence-corrected chi connectivity index (χ1v) is 7.60. The Hall–Kier alpha value is -2.56. The standard InChI is InChI=1S/C18H22N2O3/c1-11(2)13-5-7-14(8-6-13)12(3)20-18(22)16-15(23-4)9-10-19-17(16)21/h5-12H,1-4H3,(H,19,21)(H,20,22)/t12-/m0/s1. The van der Waals surface area contributed by atoms with Crippen molar-refractivity contribution in [1.82, 2.24) is 10.3 Å². The molecule has 0 bridgehead atoms. The lowest BCUT2D eigenvalue weighted by atomic mass is 9.99. The second-order valence-electron chi connectivity index (χ2n) is 5.77. The molecule has 0 spiro atoms. The van der Waals surface area contributed by atoms with Gasteiger partial charge in [-0.25, -0.2) is 0 Å². The summed E-state index contributed by atoms with van der Waals surface area (Å²) in [5.41, 5.74) is 1.74. The second-order valence-corrected chi connectivity index (χ2v) is 5.77. The van der Waals surface area contributed by atoms with Crippen molar-refractivity contribution >= 4 is 5.91 Å². The maximum absolute atomic E-state index is 12.4. The molecule has 2 aromatic rings. The zero-order valence-electron chi connectivity index (χ0n) is 13.8. The molecular formula is C18H22N2O3. The summed E-state index contributed by atoms with van der Waals surface area (Å²) in [6.07, 6.45) is 1.45. The number of H-pyrrole nitrogens is 1. The minimum atomic E-state index is -0.468. The van der Waals surface area contributed by atoms with Crippen molar-refractivity contribution in [2.24, 2.45) is 0 Å². The molecule has 5 nitrogen and oxygen atoms in total. The highest BCUT2D eigenvalue weighted by Gasteiger charge is 2.19. The molecule has 5 heteroatoms. The molecule has 1 aromatic heterocycles. The van der Waals surface area contributed by atoms with Crippen molar-refractivity contribution in [1.29, 1.82) is 0 Å². The maximum atomic E-state index is 12.4. The van der Waals surface area contributed by atoms with E-state index in [-0.39, 0.29) is 17.4 Å². The van der Waals surface area contributed by atoms with E-state index in [4.69, 9.17) is 4.74 Å². The second kappa shape index (κ2) is 7.13. The molecule has 0 saturated carbocycles. The molecule has 0 unspecified atom stereocenters. The molecule has 0 aliphatic heterocycles. The van der Waals surface area contributed by atoms with Gasteiger partial charge < -0.3 is 15.0 Å². The van der Waals surface area contributed by atoms with Crippen LogP contribution in [-0.2, 0) is 0 Å². The number of ether oxygens (including phenoxy) is 1. The van der Waals surface area contributed by atoms with Crippen LogP contribution in [-0.4, -0.2) is 18.0 Å². The normalized spacial score (nSPS) is 12.0. The molecule has 122 valence electrons. The van der Waals surface area contributed by atoms with E-state index in [9.17, 15) is 9.59 Å². The fourth-order valence-corrected chi connectivity index (χ4v) is 2.37. The molecule has 0 aliphatic carbocycles. The van der Waals surface area contributed by atoms with E-state index in [0.29, 0.717) is 5.92 Å². The van der Waals surface area contributed by atoms with Crippen LogP contribution in [0.5, 0.6) is 5.75 Å². The summed E-state index contributed by atoms with van der Waals surface area (Å²) < 4.78 is 5.10. The zero-order chi connectivity index (χ0) is 17.0. The molecule has 0 saturated heterocycles. The number of pyridine rings is 1. The molecule has 1 aromatic carbocycles. The number of benzene rings is 1. The Balaban J connectivity index is 2.18. The lowest BCUT2D eigenvalue weighted by molar-refractivity contribution is 0.0935. The lowest BCUT2D eigenvalue weighted by Crippen LogP contribution is -2.32. The van der Waals surface area contributed by atoms with E-state index < -0.39 is 11.5 Å². The van der Waals surface area contributed by atoms with Crippen LogP contribution in [0.4, 0.5) is 0 Å². The quantitative estimate of drug-likeness (QED) is 0.891. The molecule has 2 rings (SSSR count). The van der Waals surface area contributed by atoms with Gasteiger partial charge in [0.15, 0.2) is 0 Å². The van der Waals surface area contributed by atoms with Crippen molar-refractivity contribution in [2.75, 3.05) is 7.11 Å². The summed E-state index contributed by atoms with van der Waals surface area (Å²) in [5, 5.41) is 2.84. The largest absolute Gasteiger partial charge is 0.496 e. The van der Waals surface area contributed by atoms with E-state index >= 15 is 0 Å². The first-order valence-electron chi connectivity index (χ1n) is 7.60. The number of methoxy groups -OCH3 is 1. The molecule has 0 radical (unpaired) electrons. The zero-order valence-corrected chi connectivity index (χ0v) is 13.8. The molecule has 2 N–H and O–H groups in total. The monoisotopic (exact) mass is 314 g/mol. The van der Waals surface area contributed by atoms with Crippen LogP contribution in [0, 0.1) is 0 Å². The SMILES string of the molecule is COc1cc[nH]c(=O)c1C(=O)N[C@@H](C)c1ccc(C(C)C)cc1. The molecule has 1 heterocycles. The molecule has 0 aliphatic rings. The smallest absolute Gasteiger partial charge is 0.264 e. The van der Waals surface area contributed by atoms with Gasteiger partial charge in [0.2, 0.25) is 0 Å². The van der Waals surface area contributed by atoms with Crippen molar-refractivity contribution < 1.29 is 9.53 Å². The number of nitrogens with one attached hydrogen (secondary N) is 2. The summed E-state index contributed by atoms with van der Waals surface area (Å²) in [7, 11) is 1.43. The summed E-state index contributed by atoms with van der Waals surface area (Å²) in [4.78, 5) is 26.8. The van der Waals surface area contributed by atoms with Crippen molar-refractivity contribution in [3.63, 3.8) is 0 Å². The Morgan fingerprint density at radius 1 is 1.09 bits per heavy atom.